The molecule has 0 fully saturated rings. The maximum Gasteiger partial charge on any atom is 0.0889 e. The lowest BCUT2D eigenvalue weighted by atomic mass is 10.3. The average molecular weight is 166 g/mol. The molecular formula is C9H14N2O. The third-order valence-corrected chi connectivity index (χ3v) is 2.22. The Morgan fingerprint density at radius 3 is 3.33 bits per heavy atom. The van der Waals surface area contributed by atoms with E-state index in [1.807, 2.05) is 0 Å². The van der Waals surface area contributed by atoms with E-state index in [-0.39, 0.29) is 0 Å². The zero-order chi connectivity index (χ0) is 8.55. The summed E-state index contributed by atoms with van der Waals surface area (Å²) >= 11 is 0. The molecule has 66 valence electrons. The third kappa shape index (κ3) is 1.25. The van der Waals surface area contributed by atoms with E-state index in [4.69, 9.17) is 4.74 Å². The van der Waals surface area contributed by atoms with E-state index in [2.05, 4.69) is 29.7 Å². The Morgan fingerprint density at radius 2 is 2.58 bits per heavy atom. The van der Waals surface area contributed by atoms with E-state index in [0.717, 1.165) is 13.0 Å². The van der Waals surface area contributed by atoms with E-state index in [0.29, 0.717) is 12.7 Å². The Hall–Kier alpha value is -0.830. The van der Waals surface area contributed by atoms with Crippen LogP contribution >= 0.6 is 0 Å². The van der Waals surface area contributed by atoms with Crippen molar-refractivity contribution in [2.45, 2.75) is 39.5 Å². The SMILES string of the molecule is CCc1cc2n(n1)CC(C)OC2. The first kappa shape index (κ1) is 7.80. The molecule has 0 aromatic carbocycles. The van der Waals surface area contributed by atoms with Crippen molar-refractivity contribution in [3.63, 3.8) is 0 Å². The molecule has 1 aromatic rings. The monoisotopic (exact) mass is 166 g/mol. The van der Waals surface area contributed by atoms with Crippen LogP contribution in [0.1, 0.15) is 25.2 Å². The van der Waals surface area contributed by atoms with Gasteiger partial charge in [-0.05, 0) is 19.4 Å². The minimum absolute atomic E-state index is 0.308. The molecule has 1 atom stereocenters. The van der Waals surface area contributed by atoms with Gasteiger partial charge in [0.1, 0.15) is 0 Å². The second-order valence-corrected chi connectivity index (χ2v) is 3.28. The first-order chi connectivity index (χ1) is 5.79. The summed E-state index contributed by atoms with van der Waals surface area (Å²) < 4.78 is 7.56. The molecule has 3 nitrogen and oxygen atoms in total. The summed E-state index contributed by atoms with van der Waals surface area (Å²) in [6.07, 6.45) is 1.32. The number of ether oxygens (including phenoxy) is 1. The van der Waals surface area contributed by atoms with E-state index < -0.39 is 0 Å². The molecule has 0 aliphatic carbocycles. The van der Waals surface area contributed by atoms with Gasteiger partial charge in [0.25, 0.3) is 0 Å². The predicted octanol–water partition coefficient (Wildman–Crippen LogP) is 1.36. The molecule has 0 spiro atoms. The van der Waals surface area contributed by atoms with Crippen molar-refractivity contribution < 1.29 is 4.74 Å². The highest BCUT2D eigenvalue weighted by Crippen LogP contribution is 2.14. The van der Waals surface area contributed by atoms with Crippen LogP contribution in [0, 0.1) is 0 Å². The Balaban J connectivity index is 2.28. The van der Waals surface area contributed by atoms with E-state index >= 15 is 0 Å². The highest BCUT2D eigenvalue weighted by atomic mass is 16.5. The smallest absolute Gasteiger partial charge is 0.0889 e. The minimum atomic E-state index is 0.308. The fourth-order valence-electron chi connectivity index (χ4n) is 1.49. The zero-order valence-electron chi connectivity index (χ0n) is 7.58. The van der Waals surface area contributed by atoms with Crippen molar-refractivity contribution >= 4 is 0 Å². The molecule has 0 N–H and O–H groups in total. The summed E-state index contributed by atoms with van der Waals surface area (Å²) in [4.78, 5) is 0. The van der Waals surface area contributed by atoms with Crippen molar-refractivity contribution in [1.29, 1.82) is 0 Å². The minimum Gasteiger partial charge on any atom is -0.370 e. The van der Waals surface area contributed by atoms with Crippen molar-refractivity contribution in [3.05, 3.63) is 17.5 Å². The molecule has 0 saturated carbocycles. The van der Waals surface area contributed by atoms with Crippen LogP contribution in [0.15, 0.2) is 6.07 Å². The van der Waals surface area contributed by atoms with Gasteiger partial charge in [-0.15, -0.1) is 0 Å². The number of hydrogen-bond acceptors (Lipinski definition) is 2. The molecule has 1 aromatic heterocycles. The van der Waals surface area contributed by atoms with Crippen molar-refractivity contribution in [2.75, 3.05) is 0 Å². The molecule has 2 rings (SSSR count). The Labute approximate surface area is 72.3 Å². The lowest BCUT2D eigenvalue weighted by Gasteiger charge is -2.20. The Kier molecular flexibility index (Phi) is 1.89. The molecule has 0 radical (unpaired) electrons. The molecule has 0 saturated heterocycles. The lowest BCUT2D eigenvalue weighted by molar-refractivity contribution is 0.0124. The molecule has 0 amide bonds. The molecule has 12 heavy (non-hydrogen) atoms. The van der Waals surface area contributed by atoms with Gasteiger partial charge in [0.15, 0.2) is 0 Å². The molecule has 3 heteroatoms. The fraction of sp³-hybridized carbons (Fsp3) is 0.667. The maximum atomic E-state index is 5.50. The number of aryl methyl sites for hydroxylation is 1. The van der Waals surface area contributed by atoms with E-state index in [1.54, 1.807) is 0 Å². The first-order valence-corrected chi connectivity index (χ1v) is 4.46. The molecular weight excluding hydrogens is 152 g/mol. The summed E-state index contributed by atoms with van der Waals surface area (Å²) in [7, 11) is 0. The van der Waals surface area contributed by atoms with Crippen molar-refractivity contribution in [1.82, 2.24) is 9.78 Å². The molecule has 1 aliphatic rings. The summed E-state index contributed by atoms with van der Waals surface area (Å²) in [5, 5.41) is 4.46. The van der Waals surface area contributed by atoms with Gasteiger partial charge in [-0.2, -0.15) is 5.10 Å². The van der Waals surface area contributed by atoms with Crippen LogP contribution in [-0.2, 0) is 24.3 Å². The van der Waals surface area contributed by atoms with Crippen LogP contribution in [-0.4, -0.2) is 15.9 Å². The second-order valence-electron chi connectivity index (χ2n) is 3.28. The summed E-state index contributed by atoms with van der Waals surface area (Å²) in [6, 6.07) is 2.13. The van der Waals surface area contributed by atoms with Gasteiger partial charge in [0, 0.05) is 0 Å². The number of nitrogens with zero attached hydrogens (tertiary/aromatic N) is 2. The average Bonchev–Trinajstić information content (AvgIpc) is 2.46. The highest BCUT2D eigenvalue weighted by molar-refractivity contribution is 5.10. The van der Waals surface area contributed by atoms with Gasteiger partial charge in [-0.3, -0.25) is 4.68 Å². The quantitative estimate of drug-likeness (QED) is 0.630. The Morgan fingerprint density at radius 1 is 1.75 bits per heavy atom. The van der Waals surface area contributed by atoms with Crippen LogP contribution in [0.4, 0.5) is 0 Å². The van der Waals surface area contributed by atoms with Crippen LogP contribution in [0.25, 0.3) is 0 Å². The topological polar surface area (TPSA) is 27.1 Å². The van der Waals surface area contributed by atoms with E-state index in [9.17, 15) is 0 Å². The van der Waals surface area contributed by atoms with Gasteiger partial charge in [0.2, 0.25) is 0 Å². The lowest BCUT2D eigenvalue weighted by Crippen LogP contribution is -2.24. The third-order valence-electron chi connectivity index (χ3n) is 2.22. The van der Waals surface area contributed by atoms with Crippen LogP contribution < -0.4 is 0 Å². The zero-order valence-corrected chi connectivity index (χ0v) is 7.58. The van der Waals surface area contributed by atoms with Gasteiger partial charge in [0.05, 0.1) is 30.6 Å². The largest absolute Gasteiger partial charge is 0.370 e. The normalized spacial score (nSPS) is 22.3. The predicted molar refractivity (Wildman–Crippen MR) is 45.9 cm³/mol. The molecule has 1 unspecified atom stereocenters. The standard InChI is InChI=1S/C9H14N2O/c1-3-8-4-9-6-12-7(2)5-11(9)10-8/h4,7H,3,5-6H2,1-2H3. The molecule has 1 aliphatic heterocycles. The summed E-state index contributed by atoms with van der Waals surface area (Å²) in [5.74, 6) is 0. The van der Waals surface area contributed by atoms with Gasteiger partial charge in [-0.25, -0.2) is 0 Å². The molecule has 0 bridgehead atoms. The van der Waals surface area contributed by atoms with Gasteiger partial charge < -0.3 is 4.74 Å². The van der Waals surface area contributed by atoms with Crippen molar-refractivity contribution in [2.24, 2.45) is 0 Å². The van der Waals surface area contributed by atoms with Crippen molar-refractivity contribution in [3.8, 4) is 0 Å². The first-order valence-electron chi connectivity index (χ1n) is 4.46. The van der Waals surface area contributed by atoms with Crippen LogP contribution in [0.3, 0.4) is 0 Å². The summed E-state index contributed by atoms with van der Waals surface area (Å²) in [5.41, 5.74) is 2.38. The number of rotatable bonds is 1. The van der Waals surface area contributed by atoms with Crippen LogP contribution in [0.2, 0.25) is 0 Å². The number of fused-ring (bicyclic) bond motifs is 1. The Bertz CT molecular complexity index is 280. The number of hydrogen-bond donors (Lipinski definition) is 0. The highest BCUT2D eigenvalue weighted by Gasteiger charge is 2.16. The van der Waals surface area contributed by atoms with Gasteiger partial charge >= 0.3 is 0 Å². The number of aromatic nitrogens is 2. The van der Waals surface area contributed by atoms with Crippen LogP contribution in [0.5, 0.6) is 0 Å². The molecule has 2 heterocycles. The van der Waals surface area contributed by atoms with Gasteiger partial charge in [-0.1, -0.05) is 6.92 Å². The second kappa shape index (κ2) is 2.90. The maximum absolute atomic E-state index is 5.50. The summed E-state index contributed by atoms with van der Waals surface area (Å²) in [6.45, 7) is 5.82. The van der Waals surface area contributed by atoms with E-state index in [1.165, 1.54) is 11.4 Å². The fourth-order valence-corrected chi connectivity index (χ4v) is 1.49.